The van der Waals surface area contributed by atoms with Gasteiger partial charge in [-0.1, -0.05) is 6.07 Å². The van der Waals surface area contributed by atoms with Crippen LogP contribution >= 0.6 is 27.3 Å². The van der Waals surface area contributed by atoms with Crippen LogP contribution in [-0.4, -0.2) is 17.9 Å². The van der Waals surface area contributed by atoms with Crippen LogP contribution in [0.3, 0.4) is 0 Å². The van der Waals surface area contributed by atoms with E-state index >= 15 is 0 Å². The highest BCUT2D eigenvalue weighted by Crippen LogP contribution is 2.22. The van der Waals surface area contributed by atoms with Crippen LogP contribution in [0.25, 0.3) is 0 Å². The summed E-state index contributed by atoms with van der Waals surface area (Å²) in [7, 11) is 1.80. The number of benzene rings is 1. The number of carbonyl (C=O) groups is 1. The van der Waals surface area contributed by atoms with Crippen LogP contribution in [0.2, 0.25) is 0 Å². The SMILES string of the molecule is Cc1ccc(N)cc1C(=O)N(C)Cc1csc(Br)c1. The van der Waals surface area contributed by atoms with Gasteiger partial charge in [-0.05, 0) is 57.6 Å². The zero-order valence-electron chi connectivity index (χ0n) is 10.8. The second kappa shape index (κ2) is 5.75. The number of amides is 1. The average Bonchev–Trinajstić information content (AvgIpc) is 2.77. The summed E-state index contributed by atoms with van der Waals surface area (Å²) < 4.78 is 1.07. The molecule has 0 saturated heterocycles. The van der Waals surface area contributed by atoms with Crippen molar-refractivity contribution in [2.45, 2.75) is 13.5 Å². The Morgan fingerprint density at radius 1 is 1.42 bits per heavy atom. The van der Waals surface area contributed by atoms with Crippen LogP contribution < -0.4 is 5.73 Å². The van der Waals surface area contributed by atoms with Gasteiger partial charge in [0, 0.05) is 24.8 Å². The van der Waals surface area contributed by atoms with Gasteiger partial charge in [-0.3, -0.25) is 4.79 Å². The number of nitrogens with zero attached hydrogens (tertiary/aromatic N) is 1. The van der Waals surface area contributed by atoms with Gasteiger partial charge in [0.05, 0.1) is 3.79 Å². The number of nitrogen functional groups attached to an aromatic ring is 1. The maximum Gasteiger partial charge on any atom is 0.254 e. The summed E-state index contributed by atoms with van der Waals surface area (Å²) in [6.07, 6.45) is 0. The van der Waals surface area contributed by atoms with Crippen molar-refractivity contribution in [1.29, 1.82) is 0 Å². The molecule has 0 atom stereocenters. The molecule has 0 aliphatic heterocycles. The van der Waals surface area contributed by atoms with E-state index < -0.39 is 0 Å². The highest BCUT2D eigenvalue weighted by molar-refractivity contribution is 9.11. The first-order valence-corrected chi connectivity index (χ1v) is 7.49. The van der Waals surface area contributed by atoms with E-state index in [4.69, 9.17) is 5.73 Å². The molecule has 0 aliphatic carbocycles. The van der Waals surface area contributed by atoms with Gasteiger partial charge in [0.1, 0.15) is 0 Å². The maximum absolute atomic E-state index is 12.4. The van der Waals surface area contributed by atoms with E-state index in [0.717, 1.165) is 14.9 Å². The Kier molecular flexibility index (Phi) is 4.27. The molecule has 2 N–H and O–H groups in total. The van der Waals surface area contributed by atoms with Crippen molar-refractivity contribution < 1.29 is 4.79 Å². The Balaban J connectivity index is 2.16. The smallest absolute Gasteiger partial charge is 0.254 e. The minimum Gasteiger partial charge on any atom is -0.399 e. The largest absolute Gasteiger partial charge is 0.399 e. The van der Waals surface area contributed by atoms with Crippen molar-refractivity contribution in [2.24, 2.45) is 0 Å². The molecule has 0 spiro atoms. The van der Waals surface area contributed by atoms with Crippen LogP contribution in [0.5, 0.6) is 0 Å². The molecule has 2 rings (SSSR count). The standard InChI is InChI=1S/C14H15BrN2OS/c1-9-3-4-11(16)6-12(9)14(18)17(2)7-10-5-13(15)19-8-10/h3-6,8H,7,16H2,1-2H3. The number of halogens is 1. The number of rotatable bonds is 3. The average molecular weight is 339 g/mol. The number of hydrogen-bond donors (Lipinski definition) is 1. The Morgan fingerprint density at radius 2 is 2.16 bits per heavy atom. The number of carbonyl (C=O) groups excluding carboxylic acids is 1. The number of nitrogens with two attached hydrogens (primary N) is 1. The van der Waals surface area contributed by atoms with Crippen LogP contribution in [-0.2, 0) is 6.54 Å². The lowest BCUT2D eigenvalue weighted by atomic mass is 10.1. The van der Waals surface area contributed by atoms with Crippen LogP contribution in [0.1, 0.15) is 21.5 Å². The molecule has 0 bridgehead atoms. The van der Waals surface area contributed by atoms with Crippen LogP contribution in [0.4, 0.5) is 5.69 Å². The van der Waals surface area contributed by atoms with Gasteiger partial charge in [-0.2, -0.15) is 0 Å². The third kappa shape index (κ3) is 3.36. The van der Waals surface area contributed by atoms with Gasteiger partial charge in [-0.15, -0.1) is 11.3 Å². The first-order chi connectivity index (χ1) is 8.97. The second-order valence-corrected chi connectivity index (χ2v) is 6.79. The van der Waals surface area contributed by atoms with Crippen LogP contribution in [0, 0.1) is 6.92 Å². The fourth-order valence-electron chi connectivity index (χ4n) is 1.85. The molecule has 0 fully saturated rings. The van der Waals surface area contributed by atoms with E-state index in [1.807, 2.05) is 30.5 Å². The third-order valence-electron chi connectivity index (χ3n) is 2.88. The van der Waals surface area contributed by atoms with Gasteiger partial charge >= 0.3 is 0 Å². The van der Waals surface area contributed by atoms with Gasteiger partial charge in [0.2, 0.25) is 0 Å². The molecule has 1 aromatic heterocycles. The van der Waals surface area contributed by atoms with Crippen molar-refractivity contribution in [3.63, 3.8) is 0 Å². The second-order valence-electron chi connectivity index (χ2n) is 4.49. The summed E-state index contributed by atoms with van der Waals surface area (Å²) in [5.74, 6) is -0.00729. The number of aryl methyl sites for hydroxylation is 1. The van der Waals surface area contributed by atoms with E-state index in [-0.39, 0.29) is 5.91 Å². The predicted molar refractivity (Wildman–Crippen MR) is 83.4 cm³/mol. The molecule has 0 radical (unpaired) electrons. The van der Waals surface area contributed by atoms with Gasteiger partial charge in [0.15, 0.2) is 0 Å². The van der Waals surface area contributed by atoms with Crippen molar-refractivity contribution in [1.82, 2.24) is 4.90 Å². The van der Waals surface area contributed by atoms with E-state index in [1.54, 1.807) is 29.4 Å². The fraction of sp³-hybridized carbons (Fsp3) is 0.214. The molecule has 0 saturated carbocycles. The van der Waals surface area contributed by atoms with Gasteiger partial charge in [-0.25, -0.2) is 0 Å². The van der Waals surface area contributed by atoms with Crippen molar-refractivity contribution in [3.8, 4) is 0 Å². The first kappa shape index (κ1) is 14.1. The van der Waals surface area contributed by atoms with E-state index in [1.165, 1.54) is 0 Å². The monoisotopic (exact) mass is 338 g/mol. The third-order valence-corrected chi connectivity index (χ3v) is 4.43. The van der Waals surface area contributed by atoms with Crippen molar-refractivity contribution >= 4 is 38.9 Å². The first-order valence-electron chi connectivity index (χ1n) is 5.82. The Bertz CT molecular complexity index is 609. The fourth-order valence-corrected chi connectivity index (χ4v) is 3.05. The van der Waals surface area contributed by atoms with Crippen LogP contribution in [0.15, 0.2) is 33.4 Å². The summed E-state index contributed by atoms with van der Waals surface area (Å²) in [5.41, 5.74) is 9.08. The summed E-state index contributed by atoms with van der Waals surface area (Å²) in [5, 5.41) is 2.04. The van der Waals surface area contributed by atoms with Gasteiger partial charge in [0.25, 0.3) is 5.91 Å². The summed E-state index contributed by atoms with van der Waals surface area (Å²) in [6.45, 7) is 2.51. The minimum absolute atomic E-state index is 0.00729. The van der Waals surface area contributed by atoms with E-state index in [0.29, 0.717) is 17.8 Å². The number of anilines is 1. The minimum atomic E-state index is -0.00729. The lowest BCUT2D eigenvalue weighted by Crippen LogP contribution is -2.26. The van der Waals surface area contributed by atoms with Gasteiger partial charge < -0.3 is 10.6 Å². The molecule has 5 heteroatoms. The Hall–Kier alpha value is -1.33. The molecule has 0 aliphatic rings. The summed E-state index contributed by atoms with van der Waals surface area (Å²) >= 11 is 5.04. The molecule has 100 valence electrons. The van der Waals surface area contributed by atoms with Crippen molar-refractivity contribution in [2.75, 3.05) is 12.8 Å². The zero-order chi connectivity index (χ0) is 14.0. The molecular formula is C14H15BrN2OS. The topological polar surface area (TPSA) is 46.3 Å². The highest BCUT2D eigenvalue weighted by Gasteiger charge is 2.15. The maximum atomic E-state index is 12.4. The van der Waals surface area contributed by atoms with Crippen molar-refractivity contribution in [3.05, 3.63) is 50.1 Å². The normalized spacial score (nSPS) is 10.5. The lowest BCUT2D eigenvalue weighted by Gasteiger charge is -2.18. The molecule has 1 heterocycles. The predicted octanol–water partition coefficient (Wildman–Crippen LogP) is 3.67. The molecule has 1 amide bonds. The molecule has 0 unspecified atom stereocenters. The molecule has 1 aromatic carbocycles. The lowest BCUT2D eigenvalue weighted by molar-refractivity contribution is 0.0784. The van der Waals surface area contributed by atoms with E-state index in [2.05, 4.69) is 15.9 Å². The number of thiophene rings is 1. The summed E-state index contributed by atoms with van der Waals surface area (Å²) in [6, 6.07) is 7.44. The molecule has 2 aromatic rings. The molecular weight excluding hydrogens is 324 g/mol. The molecule has 19 heavy (non-hydrogen) atoms. The number of hydrogen-bond acceptors (Lipinski definition) is 3. The summed E-state index contributed by atoms with van der Waals surface area (Å²) in [4.78, 5) is 14.1. The van der Waals surface area contributed by atoms with E-state index in [9.17, 15) is 4.79 Å². The zero-order valence-corrected chi connectivity index (χ0v) is 13.2. The molecule has 3 nitrogen and oxygen atoms in total. The Morgan fingerprint density at radius 3 is 2.79 bits per heavy atom. The Labute approximate surface area is 125 Å². The quantitative estimate of drug-likeness (QED) is 0.868. The highest BCUT2D eigenvalue weighted by atomic mass is 79.9.